The number of hydrogen-bond acceptors (Lipinski definition) is 5. The van der Waals surface area contributed by atoms with Gasteiger partial charge in [0.05, 0.1) is 12.0 Å². The molecule has 1 heterocycles. The van der Waals surface area contributed by atoms with Crippen molar-refractivity contribution < 1.29 is 29.0 Å². The lowest BCUT2D eigenvalue weighted by molar-refractivity contribution is -0.369. The van der Waals surface area contributed by atoms with E-state index in [2.05, 4.69) is 13.8 Å². The Morgan fingerprint density at radius 3 is 2.55 bits per heavy atom. The maximum Gasteiger partial charge on any atom is 0.303 e. The first kappa shape index (κ1) is 21.3. The van der Waals surface area contributed by atoms with Crippen LogP contribution in [0, 0.1) is 22.7 Å². The van der Waals surface area contributed by atoms with Crippen LogP contribution in [0.25, 0.3) is 0 Å². The Labute approximate surface area is 183 Å². The lowest BCUT2D eigenvalue weighted by Crippen LogP contribution is -2.71. The molecule has 0 aromatic carbocycles. The van der Waals surface area contributed by atoms with E-state index >= 15 is 0 Å². The highest BCUT2D eigenvalue weighted by molar-refractivity contribution is 5.91. The highest BCUT2D eigenvalue weighted by Crippen LogP contribution is 2.73. The van der Waals surface area contributed by atoms with Crippen LogP contribution in [0.15, 0.2) is 11.6 Å². The molecule has 4 unspecified atom stereocenters. The number of carboxylic acid groups (broad SMARTS) is 1. The normalized spacial score (nSPS) is 48.3. The molecule has 5 aliphatic rings. The maximum absolute atomic E-state index is 13.1. The van der Waals surface area contributed by atoms with Gasteiger partial charge in [-0.15, -0.1) is 0 Å². The van der Waals surface area contributed by atoms with Crippen molar-refractivity contribution in [3.63, 3.8) is 0 Å². The standard InChI is InChI=1S/C25H34O6/c1-15(26)24-12-13-25(31-21(30-24)7-6-20(28)29)19-5-4-16-14-17(27)8-10-22(16,2)18(19)9-11-23(24,25)3/h14,18-19,21H,4-13H2,1-3H3,(H,28,29)/t18?,19?,21?,22-,23+,24-,25?/m0/s1. The van der Waals surface area contributed by atoms with Gasteiger partial charge >= 0.3 is 5.97 Å². The molecule has 1 N–H and O–H groups in total. The van der Waals surface area contributed by atoms with Crippen LogP contribution < -0.4 is 0 Å². The molecular formula is C25H34O6. The van der Waals surface area contributed by atoms with Crippen LogP contribution in [-0.2, 0) is 23.9 Å². The molecule has 31 heavy (non-hydrogen) atoms. The second kappa shape index (κ2) is 6.74. The largest absolute Gasteiger partial charge is 0.481 e. The van der Waals surface area contributed by atoms with Crippen molar-refractivity contribution in [2.24, 2.45) is 22.7 Å². The van der Waals surface area contributed by atoms with Gasteiger partial charge in [0, 0.05) is 18.3 Å². The molecule has 2 bridgehead atoms. The Morgan fingerprint density at radius 2 is 1.84 bits per heavy atom. The van der Waals surface area contributed by atoms with E-state index in [4.69, 9.17) is 9.47 Å². The molecule has 0 amide bonds. The van der Waals surface area contributed by atoms with Gasteiger partial charge in [-0.05, 0) is 75.2 Å². The fourth-order valence-corrected chi connectivity index (χ4v) is 8.45. The summed E-state index contributed by atoms with van der Waals surface area (Å²) in [5.74, 6) is 0.117. The smallest absolute Gasteiger partial charge is 0.303 e. The van der Waals surface area contributed by atoms with Gasteiger partial charge in [0.1, 0.15) is 5.60 Å². The summed E-state index contributed by atoms with van der Waals surface area (Å²) in [6.45, 7) is 6.14. The number of fused-ring (bicyclic) bond motifs is 3. The zero-order valence-corrected chi connectivity index (χ0v) is 18.9. The van der Waals surface area contributed by atoms with Crippen LogP contribution >= 0.6 is 0 Å². The highest BCUT2D eigenvalue weighted by atomic mass is 16.7. The molecule has 0 spiro atoms. The quantitative estimate of drug-likeness (QED) is 0.719. The average molecular weight is 431 g/mol. The van der Waals surface area contributed by atoms with E-state index in [9.17, 15) is 19.5 Å². The number of carboxylic acids is 1. The Hall–Kier alpha value is -1.53. The van der Waals surface area contributed by atoms with E-state index in [1.165, 1.54) is 5.57 Å². The first-order valence-electron chi connectivity index (χ1n) is 11.9. The predicted molar refractivity (Wildman–Crippen MR) is 112 cm³/mol. The number of allylic oxidation sites excluding steroid dienone is 1. The fraction of sp³-hybridized carbons (Fsp3) is 0.800. The zero-order chi connectivity index (χ0) is 22.2. The molecule has 4 aliphatic carbocycles. The zero-order valence-electron chi connectivity index (χ0n) is 18.9. The fourth-order valence-electron chi connectivity index (χ4n) is 8.45. The third-order valence-electron chi connectivity index (χ3n) is 10.1. The van der Waals surface area contributed by atoms with E-state index in [0.717, 1.165) is 38.5 Å². The molecule has 170 valence electrons. The van der Waals surface area contributed by atoms with E-state index in [1.807, 2.05) is 6.08 Å². The minimum atomic E-state index is -0.890. The molecule has 0 radical (unpaired) electrons. The van der Waals surface area contributed by atoms with Gasteiger partial charge in [-0.2, -0.15) is 0 Å². The van der Waals surface area contributed by atoms with Crippen molar-refractivity contribution in [1.82, 2.24) is 0 Å². The lowest BCUT2D eigenvalue weighted by Gasteiger charge is -2.66. The molecule has 3 saturated carbocycles. The van der Waals surface area contributed by atoms with Crippen molar-refractivity contribution in [1.29, 1.82) is 0 Å². The minimum Gasteiger partial charge on any atom is -0.481 e. The Bertz CT molecular complexity index is 877. The number of ether oxygens (including phenoxy) is 2. The van der Waals surface area contributed by atoms with E-state index in [-0.39, 0.29) is 29.8 Å². The summed E-state index contributed by atoms with van der Waals surface area (Å²) in [6.07, 6.45) is 8.11. The van der Waals surface area contributed by atoms with Gasteiger partial charge in [-0.3, -0.25) is 14.4 Å². The van der Waals surface area contributed by atoms with E-state index < -0.39 is 28.9 Å². The number of Topliss-reactive ketones (excluding diaryl/α,β-unsaturated/α-hetero) is 1. The van der Waals surface area contributed by atoms with Gasteiger partial charge in [-0.1, -0.05) is 19.4 Å². The number of carbonyl (C=O) groups excluding carboxylic acids is 2. The Morgan fingerprint density at radius 1 is 1.06 bits per heavy atom. The highest BCUT2D eigenvalue weighted by Gasteiger charge is 2.77. The summed E-state index contributed by atoms with van der Waals surface area (Å²) in [5.41, 5.74) is -0.463. The topological polar surface area (TPSA) is 89.9 Å². The third kappa shape index (κ3) is 2.61. The van der Waals surface area contributed by atoms with E-state index in [1.54, 1.807) is 6.92 Å². The van der Waals surface area contributed by atoms with Crippen molar-refractivity contribution in [2.45, 2.75) is 102 Å². The number of rotatable bonds is 4. The van der Waals surface area contributed by atoms with Crippen LogP contribution in [-0.4, -0.2) is 40.1 Å². The molecule has 6 nitrogen and oxygen atoms in total. The van der Waals surface area contributed by atoms with Gasteiger partial charge in [0.25, 0.3) is 0 Å². The summed E-state index contributed by atoms with van der Waals surface area (Å²) >= 11 is 0. The van der Waals surface area contributed by atoms with Crippen molar-refractivity contribution in [2.75, 3.05) is 0 Å². The summed E-state index contributed by atoms with van der Waals surface area (Å²) in [6, 6.07) is 0. The predicted octanol–water partition coefficient (Wildman–Crippen LogP) is 4.21. The molecular weight excluding hydrogens is 396 g/mol. The monoisotopic (exact) mass is 430 g/mol. The third-order valence-corrected chi connectivity index (χ3v) is 10.1. The molecule has 5 rings (SSSR count). The van der Waals surface area contributed by atoms with Crippen molar-refractivity contribution >= 4 is 17.5 Å². The van der Waals surface area contributed by atoms with Gasteiger partial charge in [0.15, 0.2) is 17.9 Å². The number of ketones is 2. The molecule has 4 fully saturated rings. The summed E-state index contributed by atoms with van der Waals surface area (Å²) < 4.78 is 13.2. The minimum absolute atomic E-state index is 0.00655. The molecule has 1 aliphatic heterocycles. The number of aliphatic carboxylic acids is 1. The van der Waals surface area contributed by atoms with Gasteiger partial charge in [-0.25, -0.2) is 0 Å². The van der Waals surface area contributed by atoms with Crippen LogP contribution in [0.1, 0.15) is 85.0 Å². The number of hydrogen-bond donors (Lipinski definition) is 1. The second-order valence-electron chi connectivity index (χ2n) is 11.0. The molecule has 6 heteroatoms. The average Bonchev–Trinajstić information content (AvgIpc) is 2.84. The molecule has 0 aromatic rings. The van der Waals surface area contributed by atoms with Crippen molar-refractivity contribution in [3.8, 4) is 0 Å². The van der Waals surface area contributed by atoms with Crippen LogP contribution in [0.4, 0.5) is 0 Å². The molecule has 0 aromatic heterocycles. The van der Waals surface area contributed by atoms with Crippen LogP contribution in [0.5, 0.6) is 0 Å². The SMILES string of the molecule is CC(=O)[C@]12CCC3(OC(CCC(=O)O)O1)C1CCC4=CC(=O)CC[C@]4(C)C1CC[C@@]32C. The summed E-state index contributed by atoms with van der Waals surface area (Å²) in [7, 11) is 0. The molecule has 1 saturated heterocycles. The first-order valence-corrected chi connectivity index (χ1v) is 11.9. The van der Waals surface area contributed by atoms with Crippen LogP contribution in [0.3, 0.4) is 0 Å². The van der Waals surface area contributed by atoms with Gasteiger partial charge in [0.2, 0.25) is 0 Å². The second-order valence-corrected chi connectivity index (χ2v) is 11.0. The Balaban J connectivity index is 1.56. The summed E-state index contributed by atoms with van der Waals surface area (Å²) in [4.78, 5) is 36.4. The first-order chi connectivity index (χ1) is 14.6. The van der Waals surface area contributed by atoms with Crippen molar-refractivity contribution in [3.05, 3.63) is 11.6 Å². The molecule has 7 atom stereocenters. The Kier molecular flexibility index (Phi) is 4.63. The lowest BCUT2D eigenvalue weighted by atomic mass is 9.44. The van der Waals surface area contributed by atoms with Crippen LogP contribution in [0.2, 0.25) is 0 Å². The number of carbonyl (C=O) groups is 3. The van der Waals surface area contributed by atoms with Gasteiger partial charge < -0.3 is 14.6 Å². The maximum atomic E-state index is 13.1. The summed E-state index contributed by atoms with van der Waals surface area (Å²) in [5, 5.41) is 9.21. The van der Waals surface area contributed by atoms with E-state index in [0.29, 0.717) is 24.7 Å².